The van der Waals surface area contributed by atoms with Gasteiger partial charge in [0.1, 0.15) is 6.07 Å². The second-order valence-corrected chi connectivity index (χ2v) is 6.17. The Morgan fingerprint density at radius 3 is 2.25 bits per heavy atom. The fraction of sp³-hybridized carbons (Fsp3) is 0.533. The number of nitro groups is 1. The molecule has 0 heterocycles. The molecule has 0 aliphatic heterocycles. The highest BCUT2D eigenvalue weighted by atomic mass is 35.5. The monoisotopic (exact) mass is 294 g/mol. The van der Waals surface area contributed by atoms with E-state index in [2.05, 4.69) is 0 Å². The van der Waals surface area contributed by atoms with Crippen LogP contribution >= 0.6 is 11.6 Å². The fourth-order valence-electron chi connectivity index (χ4n) is 2.22. The largest absolute Gasteiger partial charge is 0.274 e. The van der Waals surface area contributed by atoms with Gasteiger partial charge < -0.3 is 0 Å². The summed E-state index contributed by atoms with van der Waals surface area (Å²) in [5.41, 5.74) is 1.39. The molecule has 1 aromatic carbocycles. The van der Waals surface area contributed by atoms with Gasteiger partial charge in [0, 0.05) is 11.6 Å². The van der Waals surface area contributed by atoms with Crippen LogP contribution in [0.25, 0.3) is 0 Å². The van der Waals surface area contributed by atoms with Crippen LogP contribution in [0.1, 0.15) is 44.4 Å². The molecule has 0 fully saturated rings. The first-order valence-electron chi connectivity index (χ1n) is 6.66. The van der Waals surface area contributed by atoms with Gasteiger partial charge in [-0.25, -0.2) is 0 Å². The van der Waals surface area contributed by atoms with Gasteiger partial charge in [0.2, 0.25) is 0 Å². The molecule has 0 atom stereocenters. The van der Waals surface area contributed by atoms with Gasteiger partial charge in [-0.1, -0.05) is 39.3 Å². The molecule has 0 aliphatic carbocycles. The second kappa shape index (κ2) is 6.71. The first-order chi connectivity index (χ1) is 9.27. The van der Waals surface area contributed by atoms with E-state index in [0.717, 1.165) is 0 Å². The molecule has 0 N–H and O–H groups in total. The number of hydrogen-bond donors (Lipinski definition) is 0. The maximum Gasteiger partial charge on any atom is 0.274 e. The summed E-state index contributed by atoms with van der Waals surface area (Å²) in [5, 5.41) is 21.0. The van der Waals surface area contributed by atoms with Gasteiger partial charge in [0.25, 0.3) is 5.69 Å². The minimum Gasteiger partial charge on any atom is -0.258 e. The van der Waals surface area contributed by atoms with Crippen LogP contribution in [0.4, 0.5) is 5.69 Å². The number of nitrogens with zero attached hydrogens (tertiary/aromatic N) is 2. The lowest BCUT2D eigenvalue weighted by molar-refractivity contribution is -0.385. The Bertz CT molecular complexity index is 560. The number of nitro benzene ring substituents is 1. The Morgan fingerprint density at radius 2 is 1.85 bits per heavy atom. The summed E-state index contributed by atoms with van der Waals surface area (Å²) in [6.45, 7) is 7.94. The number of halogens is 1. The molecule has 20 heavy (non-hydrogen) atoms. The summed E-state index contributed by atoms with van der Waals surface area (Å²) in [6, 6.07) is 3.57. The normalized spacial score (nSPS) is 10.9. The third kappa shape index (κ3) is 3.71. The Balaban J connectivity index is 3.54. The van der Waals surface area contributed by atoms with Crippen molar-refractivity contribution >= 4 is 17.3 Å². The van der Waals surface area contributed by atoms with Gasteiger partial charge in [-0.05, 0) is 30.2 Å². The van der Waals surface area contributed by atoms with Crippen molar-refractivity contribution in [3.63, 3.8) is 0 Å². The van der Waals surface area contributed by atoms with Crippen LogP contribution in [0.15, 0.2) is 6.07 Å². The molecule has 0 aliphatic rings. The van der Waals surface area contributed by atoms with E-state index < -0.39 is 4.92 Å². The van der Waals surface area contributed by atoms with Crippen LogP contribution < -0.4 is 0 Å². The number of nitriles is 1. The van der Waals surface area contributed by atoms with Crippen molar-refractivity contribution in [2.45, 2.75) is 40.5 Å². The minimum absolute atomic E-state index is 0.00954. The van der Waals surface area contributed by atoms with Crippen LogP contribution in [-0.2, 0) is 12.8 Å². The van der Waals surface area contributed by atoms with Gasteiger partial charge in [0.15, 0.2) is 0 Å². The standard InChI is InChI=1S/C15H19ClN2O2/c1-9(2)5-11-7-14(18(19)20)12(6-10(3)4)13(8-17)15(11)16/h7,9-10H,5-6H2,1-4H3. The molecule has 0 unspecified atom stereocenters. The van der Waals surface area contributed by atoms with Gasteiger partial charge in [-0.2, -0.15) is 5.26 Å². The van der Waals surface area contributed by atoms with Crippen molar-refractivity contribution < 1.29 is 4.92 Å². The van der Waals surface area contributed by atoms with Crippen molar-refractivity contribution in [3.05, 3.63) is 37.9 Å². The van der Waals surface area contributed by atoms with E-state index in [4.69, 9.17) is 11.6 Å². The quantitative estimate of drug-likeness (QED) is 0.592. The molecule has 0 bridgehead atoms. The van der Waals surface area contributed by atoms with Crippen molar-refractivity contribution in [1.29, 1.82) is 5.26 Å². The molecular formula is C15H19ClN2O2. The van der Waals surface area contributed by atoms with Gasteiger partial charge >= 0.3 is 0 Å². The molecular weight excluding hydrogens is 276 g/mol. The summed E-state index contributed by atoms with van der Waals surface area (Å²) in [5.74, 6) is 0.530. The average Bonchev–Trinajstić information content (AvgIpc) is 2.31. The molecule has 0 spiro atoms. The molecule has 0 saturated carbocycles. The summed E-state index contributed by atoms with van der Waals surface area (Å²) in [4.78, 5) is 10.9. The maximum atomic E-state index is 11.3. The molecule has 1 aromatic rings. The number of benzene rings is 1. The summed E-state index contributed by atoms with van der Waals surface area (Å²) in [7, 11) is 0. The number of rotatable bonds is 5. The first kappa shape index (κ1) is 16.5. The van der Waals surface area contributed by atoms with E-state index in [1.54, 1.807) is 0 Å². The maximum absolute atomic E-state index is 11.3. The first-order valence-corrected chi connectivity index (χ1v) is 7.04. The lowest BCUT2D eigenvalue weighted by atomic mass is 9.92. The molecule has 108 valence electrons. The van der Waals surface area contributed by atoms with Crippen molar-refractivity contribution in [2.75, 3.05) is 0 Å². The molecule has 0 saturated heterocycles. The van der Waals surface area contributed by atoms with Crippen LogP contribution in [0, 0.1) is 33.3 Å². The number of hydrogen-bond acceptors (Lipinski definition) is 3. The van der Waals surface area contributed by atoms with Crippen LogP contribution in [-0.4, -0.2) is 4.92 Å². The van der Waals surface area contributed by atoms with E-state index >= 15 is 0 Å². The SMILES string of the molecule is CC(C)Cc1cc([N+](=O)[O-])c(CC(C)C)c(C#N)c1Cl. The van der Waals surface area contributed by atoms with E-state index in [0.29, 0.717) is 34.9 Å². The van der Waals surface area contributed by atoms with Crippen molar-refractivity contribution in [3.8, 4) is 6.07 Å². The topological polar surface area (TPSA) is 66.9 Å². The fourth-order valence-corrected chi connectivity index (χ4v) is 2.51. The summed E-state index contributed by atoms with van der Waals surface area (Å²) >= 11 is 6.27. The molecule has 0 amide bonds. The minimum atomic E-state index is -0.418. The predicted octanol–water partition coefficient (Wildman–Crippen LogP) is 4.52. The zero-order chi connectivity index (χ0) is 15.4. The molecule has 0 aromatic heterocycles. The third-order valence-corrected chi connectivity index (χ3v) is 3.40. The predicted molar refractivity (Wildman–Crippen MR) is 79.9 cm³/mol. The third-order valence-electron chi connectivity index (χ3n) is 2.97. The molecule has 5 heteroatoms. The Labute approximate surface area is 124 Å². The van der Waals surface area contributed by atoms with Crippen molar-refractivity contribution in [2.24, 2.45) is 11.8 Å². The zero-order valence-electron chi connectivity index (χ0n) is 12.2. The molecule has 0 radical (unpaired) electrons. The lowest BCUT2D eigenvalue weighted by Crippen LogP contribution is -2.07. The second-order valence-electron chi connectivity index (χ2n) is 5.79. The summed E-state index contributed by atoms with van der Waals surface area (Å²) < 4.78 is 0. The van der Waals surface area contributed by atoms with Crippen LogP contribution in [0.5, 0.6) is 0 Å². The smallest absolute Gasteiger partial charge is 0.258 e. The molecule has 1 rings (SSSR count). The average molecular weight is 295 g/mol. The lowest BCUT2D eigenvalue weighted by Gasteiger charge is -2.14. The van der Waals surface area contributed by atoms with Gasteiger partial charge in [-0.3, -0.25) is 10.1 Å². The van der Waals surface area contributed by atoms with Crippen molar-refractivity contribution in [1.82, 2.24) is 0 Å². The molecule has 4 nitrogen and oxygen atoms in total. The van der Waals surface area contributed by atoms with Crippen LogP contribution in [0.2, 0.25) is 5.02 Å². The highest BCUT2D eigenvalue weighted by molar-refractivity contribution is 6.32. The Hall–Kier alpha value is -1.60. The van der Waals surface area contributed by atoms with E-state index in [1.807, 2.05) is 33.8 Å². The highest BCUT2D eigenvalue weighted by Gasteiger charge is 2.24. The Kier molecular flexibility index (Phi) is 5.52. The van der Waals surface area contributed by atoms with Crippen LogP contribution in [0.3, 0.4) is 0 Å². The highest BCUT2D eigenvalue weighted by Crippen LogP contribution is 2.34. The van der Waals surface area contributed by atoms with E-state index in [9.17, 15) is 15.4 Å². The van der Waals surface area contributed by atoms with Gasteiger partial charge in [-0.15, -0.1) is 0 Å². The summed E-state index contributed by atoms with van der Waals surface area (Å²) in [6.07, 6.45) is 1.09. The van der Waals surface area contributed by atoms with E-state index in [1.165, 1.54) is 6.07 Å². The van der Waals surface area contributed by atoms with Gasteiger partial charge in [0.05, 0.1) is 15.5 Å². The zero-order valence-corrected chi connectivity index (χ0v) is 13.0. The Morgan fingerprint density at radius 1 is 1.30 bits per heavy atom. The van der Waals surface area contributed by atoms with E-state index in [-0.39, 0.29) is 17.2 Å².